The van der Waals surface area contributed by atoms with Crippen molar-refractivity contribution in [2.75, 3.05) is 26.9 Å². The average molecular weight is 357 g/mol. The number of hydrogen-bond acceptors (Lipinski definition) is 4. The van der Waals surface area contributed by atoms with Gasteiger partial charge in [0, 0.05) is 25.2 Å². The lowest BCUT2D eigenvalue weighted by Gasteiger charge is -2.26. The molecule has 0 bridgehead atoms. The van der Waals surface area contributed by atoms with Gasteiger partial charge in [0.25, 0.3) is 0 Å². The molecular weight excluding hydrogens is 333 g/mol. The maximum absolute atomic E-state index is 13.1. The Kier molecular flexibility index (Phi) is 8.10. The van der Waals surface area contributed by atoms with Crippen molar-refractivity contribution in [1.82, 2.24) is 4.90 Å². The van der Waals surface area contributed by atoms with Crippen LogP contribution in [0.3, 0.4) is 0 Å². The SMILES string of the molecule is C#CCOC[C@@H](O)CN(Cc1ccc(F)cc1)Cc1ccccc1OC. The molecule has 26 heavy (non-hydrogen) atoms. The van der Waals surface area contributed by atoms with Crippen LogP contribution in [0.1, 0.15) is 11.1 Å². The van der Waals surface area contributed by atoms with Gasteiger partial charge in [-0.3, -0.25) is 4.90 Å². The molecule has 0 spiro atoms. The summed E-state index contributed by atoms with van der Waals surface area (Å²) < 4.78 is 23.8. The van der Waals surface area contributed by atoms with E-state index in [1.807, 2.05) is 24.3 Å². The number of para-hydroxylation sites is 1. The zero-order chi connectivity index (χ0) is 18.8. The van der Waals surface area contributed by atoms with Gasteiger partial charge in [-0.05, 0) is 23.8 Å². The predicted octanol–water partition coefficient (Wildman–Crippen LogP) is 2.85. The zero-order valence-corrected chi connectivity index (χ0v) is 14.9. The number of aliphatic hydroxyl groups is 1. The van der Waals surface area contributed by atoms with Crippen molar-refractivity contribution >= 4 is 0 Å². The van der Waals surface area contributed by atoms with Crippen molar-refractivity contribution < 1.29 is 19.0 Å². The maximum Gasteiger partial charge on any atom is 0.123 e. The van der Waals surface area contributed by atoms with Crippen LogP contribution < -0.4 is 4.74 Å². The molecule has 0 amide bonds. The molecule has 0 heterocycles. The summed E-state index contributed by atoms with van der Waals surface area (Å²) in [4.78, 5) is 2.06. The van der Waals surface area contributed by atoms with Gasteiger partial charge in [0.05, 0.1) is 19.8 Å². The highest BCUT2D eigenvalue weighted by Gasteiger charge is 2.15. The molecule has 0 radical (unpaired) electrons. The Morgan fingerprint density at radius 2 is 1.88 bits per heavy atom. The Morgan fingerprint density at radius 3 is 2.58 bits per heavy atom. The van der Waals surface area contributed by atoms with Gasteiger partial charge in [0.2, 0.25) is 0 Å². The molecule has 0 aliphatic carbocycles. The van der Waals surface area contributed by atoms with E-state index in [1.54, 1.807) is 19.2 Å². The molecule has 0 saturated heterocycles. The first-order valence-electron chi connectivity index (χ1n) is 8.40. The van der Waals surface area contributed by atoms with Crippen LogP contribution in [-0.2, 0) is 17.8 Å². The summed E-state index contributed by atoms with van der Waals surface area (Å²) in [5.74, 6) is 2.89. The number of ether oxygens (including phenoxy) is 2. The van der Waals surface area contributed by atoms with E-state index in [9.17, 15) is 9.50 Å². The minimum absolute atomic E-state index is 0.163. The molecule has 2 aromatic rings. The summed E-state index contributed by atoms with van der Waals surface area (Å²) in [7, 11) is 1.63. The van der Waals surface area contributed by atoms with E-state index >= 15 is 0 Å². The molecule has 0 unspecified atom stereocenters. The van der Waals surface area contributed by atoms with Crippen molar-refractivity contribution in [3.8, 4) is 18.1 Å². The standard InChI is InChI=1S/C21H24FNO3/c1-3-12-26-16-20(24)15-23(13-17-8-10-19(22)11-9-17)14-18-6-4-5-7-21(18)25-2/h1,4-11,20,24H,12-16H2,2H3/t20-/m0/s1. The Labute approximate surface area is 154 Å². The summed E-state index contributed by atoms with van der Waals surface area (Å²) in [6.07, 6.45) is 4.47. The fourth-order valence-corrected chi connectivity index (χ4v) is 2.71. The monoisotopic (exact) mass is 357 g/mol. The van der Waals surface area contributed by atoms with Crippen LogP contribution in [0.15, 0.2) is 48.5 Å². The van der Waals surface area contributed by atoms with Crippen molar-refractivity contribution in [2.24, 2.45) is 0 Å². The van der Waals surface area contributed by atoms with E-state index in [1.165, 1.54) is 12.1 Å². The molecule has 138 valence electrons. The van der Waals surface area contributed by atoms with Gasteiger partial charge < -0.3 is 14.6 Å². The molecule has 1 atom stereocenters. The second kappa shape index (κ2) is 10.6. The minimum atomic E-state index is -0.682. The smallest absolute Gasteiger partial charge is 0.123 e. The van der Waals surface area contributed by atoms with E-state index in [-0.39, 0.29) is 19.0 Å². The van der Waals surface area contributed by atoms with Crippen LogP contribution in [0.25, 0.3) is 0 Å². The van der Waals surface area contributed by atoms with E-state index < -0.39 is 6.10 Å². The summed E-state index contributed by atoms with van der Waals surface area (Å²) in [6.45, 7) is 1.86. The van der Waals surface area contributed by atoms with Gasteiger partial charge in [-0.15, -0.1) is 6.42 Å². The third-order valence-corrected chi connectivity index (χ3v) is 3.87. The van der Waals surface area contributed by atoms with Gasteiger partial charge in [0.1, 0.15) is 18.2 Å². The van der Waals surface area contributed by atoms with Gasteiger partial charge in [-0.1, -0.05) is 36.3 Å². The highest BCUT2D eigenvalue weighted by Crippen LogP contribution is 2.20. The fourth-order valence-electron chi connectivity index (χ4n) is 2.71. The van der Waals surface area contributed by atoms with Gasteiger partial charge in [-0.2, -0.15) is 0 Å². The first kappa shape index (κ1) is 19.9. The molecule has 0 aliphatic heterocycles. The fraction of sp³-hybridized carbons (Fsp3) is 0.333. The quantitative estimate of drug-likeness (QED) is 0.524. The molecule has 0 fully saturated rings. The lowest BCUT2D eigenvalue weighted by Crippen LogP contribution is -2.34. The van der Waals surface area contributed by atoms with E-state index in [2.05, 4.69) is 10.8 Å². The number of halogens is 1. The van der Waals surface area contributed by atoms with E-state index in [0.29, 0.717) is 19.6 Å². The first-order valence-corrected chi connectivity index (χ1v) is 8.40. The summed E-state index contributed by atoms with van der Waals surface area (Å²) >= 11 is 0. The molecule has 1 N–H and O–H groups in total. The lowest BCUT2D eigenvalue weighted by molar-refractivity contribution is 0.0242. The number of aliphatic hydroxyl groups excluding tert-OH is 1. The van der Waals surface area contributed by atoms with Crippen molar-refractivity contribution in [3.05, 3.63) is 65.5 Å². The highest BCUT2D eigenvalue weighted by atomic mass is 19.1. The summed E-state index contributed by atoms with van der Waals surface area (Å²) in [6, 6.07) is 14.1. The lowest BCUT2D eigenvalue weighted by atomic mass is 10.1. The highest BCUT2D eigenvalue weighted by molar-refractivity contribution is 5.33. The molecule has 0 saturated carbocycles. The number of terminal acetylenes is 1. The Balaban J connectivity index is 2.09. The largest absolute Gasteiger partial charge is 0.496 e. The second-order valence-electron chi connectivity index (χ2n) is 5.98. The van der Waals surface area contributed by atoms with Crippen LogP contribution >= 0.6 is 0 Å². The van der Waals surface area contributed by atoms with Gasteiger partial charge in [-0.25, -0.2) is 4.39 Å². The number of rotatable bonds is 10. The van der Waals surface area contributed by atoms with Crippen LogP contribution in [-0.4, -0.2) is 43.0 Å². The van der Waals surface area contributed by atoms with Gasteiger partial charge in [0.15, 0.2) is 0 Å². The summed E-state index contributed by atoms with van der Waals surface area (Å²) in [5.41, 5.74) is 1.96. The molecule has 0 aliphatic rings. The van der Waals surface area contributed by atoms with Gasteiger partial charge >= 0.3 is 0 Å². The Hall–Kier alpha value is -2.39. The van der Waals surface area contributed by atoms with Crippen molar-refractivity contribution in [1.29, 1.82) is 0 Å². The predicted molar refractivity (Wildman–Crippen MR) is 99.2 cm³/mol. The molecule has 2 rings (SSSR count). The van der Waals surface area contributed by atoms with Crippen LogP contribution in [0, 0.1) is 18.2 Å². The van der Waals surface area contributed by atoms with E-state index in [4.69, 9.17) is 15.9 Å². The Bertz CT molecular complexity index is 712. The van der Waals surface area contributed by atoms with Crippen LogP contribution in [0.4, 0.5) is 4.39 Å². The van der Waals surface area contributed by atoms with Crippen molar-refractivity contribution in [3.63, 3.8) is 0 Å². The minimum Gasteiger partial charge on any atom is -0.496 e. The summed E-state index contributed by atoms with van der Waals surface area (Å²) in [5, 5.41) is 10.2. The molecule has 2 aromatic carbocycles. The zero-order valence-electron chi connectivity index (χ0n) is 14.9. The first-order chi connectivity index (χ1) is 12.6. The molecule has 5 heteroatoms. The van der Waals surface area contributed by atoms with Crippen LogP contribution in [0.5, 0.6) is 5.75 Å². The normalized spacial score (nSPS) is 12.0. The number of nitrogens with zero attached hydrogens (tertiary/aromatic N) is 1. The van der Waals surface area contributed by atoms with Crippen molar-refractivity contribution in [2.45, 2.75) is 19.2 Å². The molecule has 0 aromatic heterocycles. The molecular formula is C21H24FNO3. The third kappa shape index (κ3) is 6.49. The van der Waals surface area contributed by atoms with E-state index in [0.717, 1.165) is 16.9 Å². The maximum atomic E-state index is 13.1. The molecule has 4 nitrogen and oxygen atoms in total. The number of benzene rings is 2. The average Bonchev–Trinajstić information content (AvgIpc) is 2.64. The second-order valence-corrected chi connectivity index (χ2v) is 5.98. The Morgan fingerprint density at radius 1 is 1.15 bits per heavy atom. The van der Waals surface area contributed by atoms with Crippen LogP contribution in [0.2, 0.25) is 0 Å². The third-order valence-electron chi connectivity index (χ3n) is 3.87. The topological polar surface area (TPSA) is 41.9 Å². The number of hydrogen-bond donors (Lipinski definition) is 1. The number of methoxy groups -OCH3 is 1.